The third-order valence-corrected chi connectivity index (χ3v) is 4.18. The van der Waals surface area contributed by atoms with Crippen LogP contribution in [0.1, 0.15) is 10.4 Å². The van der Waals surface area contributed by atoms with Crippen molar-refractivity contribution in [3.63, 3.8) is 0 Å². The van der Waals surface area contributed by atoms with Gasteiger partial charge in [0.05, 0.1) is 20.0 Å². The Kier molecular flexibility index (Phi) is 6.08. The maximum atomic E-state index is 12.5. The Bertz CT molecular complexity index is 710. The molecule has 0 atom stereocenters. The number of ether oxygens (including phenoxy) is 2. The molecule has 2 aromatic rings. The zero-order chi connectivity index (χ0) is 17.5. The van der Waals surface area contributed by atoms with Crippen LogP contribution in [0.2, 0.25) is 0 Å². The molecule has 0 aromatic heterocycles. The topological polar surface area (TPSA) is 90.7 Å². The van der Waals surface area contributed by atoms with Gasteiger partial charge in [-0.15, -0.1) is 11.8 Å². The second-order valence-corrected chi connectivity index (χ2v) is 5.82. The predicted molar refractivity (Wildman–Crippen MR) is 93.9 cm³/mol. The molecule has 7 heteroatoms. The number of methoxy groups -OCH3 is 2. The lowest BCUT2D eigenvalue weighted by Gasteiger charge is -2.13. The van der Waals surface area contributed by atoms with Crippen molar-refractivity contribution in [3.8, 4) is 11.5 Å². The third-order valence-electron chi connectivity index (χ3n) is 3.15. The van der Waals surface area contributed by atoms with E-state index in [1.54, 1.807) is 30.3 Å². The molecule has 2 rings (SSSR count). The van der Waals surface area contributed by atoms with Crippen LogP contribution < -0.4 is 20.5 Å². The van der Waals surface area contributed by atoms with E-state index in [1.165, 1.54) is 26.0 Å². The van der Waals surface area contributed by atoms with E-state index in [4.69, 9.17) is 15.2 Å². The molecule has 0 aliphatic rings. The summed E-state index contributed by atoms with van der Waals surface area (Å²) in [6.45, 7) is 0. The van der Waals surface area contributed by atoms with Gasteiger partial charge >= 0.3 is 0 Å². The summed E-state index contributed by atoms with van der Waals surface area (Å²) < 4.78 is 10.5. The van der Waals surface area contributed by atoms with Crippen LogP contribution >= 0.6 is 11.8 Å². The first-order valence-electron chi connectivity index (χ1n) is 7.08. The van der Waals surface area contributed by atoms with Crippen molar-refractivity contribution < 1.29 is 19.1 Å². The Morgan fingerprint density at radius 1 is 1.04 bits per heavy atom. The number of primary amides is 1. The van der Waals surface area contributed by atoms with Crippen LogP contribution in [0.3, 0.4) is 0 Å². The number of benzene rings is 2. The lowest BCUT2D eigenvalue weighted by Crippen LogP contribution is -2.14. The Hall–Kier alpha value is -2.67. The monoisotopic (exact) mass is 346 g/mol. The van der Waals surface area contributed by atoms with Gasteiger partial charge in [0.25, 0.3) is 5.91 Å². The van der Waals surface area contributed by atoms with Gasteiger partial charge < -0.3 is 20.5 Å². The summed E-state index contributed by atoms with van der Waals surface area (Å²) in [5, 5.41) is 2.80. The minimum absolute atomic E-state index is 0.212. The maximum absolute atomic E-state index is 12.5. The number of thioether (sulfide) groups is 1. The molecule has 0 aliphatic carbocycles. The van der Waals surface area contributed by atoms with Crippen molar-refractivity contribution in [2.45, 2.75) is 4.90 Å². The molecule has 2 aromatic carbocycles. The molecule has 0 aliphatic heterocycles. The largest absolute Gasteiger partial charge is 0.496 e. The highest BCUT2D eigenvalue weighted by Gasteiger charge is 2.18. The quantitative estimate of drug-likeness (QED) is 0.752. The first-order valence-corrected chi connectivity index (χ1v) is 8.07. The summed E-state index contributed by atoms with van der Waals surface area (Å²) in [7, 11) is 2.99. The standard InChI is InChI=1S/C17H18N2O4S/c1-22-13-4-3-5-14(23-2)16(13)17(21)19-11-6-8-12(9-7-11)24-10-15(18)20/h3-9H,10H2,1-2H3,(H2,18,20)(H,19,21). The Labute approximate surface area is 144 Å². The summed E-state index contributed by atoms with van der Waals surface area (Å²) >= 11 is 1.34. The number of rotatable bonds is 7. The Morgan fingerprint density at radius 3 is 2.12 bits per heavy atom. The predicted octanol–water partition coefficient (Wildman–Crippen LogP) is 2.53. The van der Waals surface area contributed by atoms with Crippen LogP contribution in [0.15, 0.2) is 47.4 Å². The average molecular weight is 346 g/mol. The fraction of sp³-hybridized carbons (Fsp3) is 0.176. The van der Waals surface area contributed by atoms with Gasteiger partial charge in [-0.3, -0.25) is 9.59 Å². The van der Waals surface area contributed by atoms with E-state index < -0.39 is 0 Å². The van der Waals surface area contributed by atoms with Gasteiger partial charge in [-0.2, -0.15) is 0 Å². The minimum Gasteiger partial charge on any atom is -0.496 e. The van der Waals surface area contributed by atoms with Crippen LogP contribution in [0.5, 0.6) is 11.5 Å². The molecule has 2 amide bonds. The zero-order valence-corrected chi connectivity index (χ0v) is 14.2. The third kappa shape index (κ3) is 4.42. The van der Waals surface area contributed by atoms with Gasteiger partial charge in [-0.1, -0.05) is 6.07 Å². The lowest BCUT2D eigenvalue weighted by atomic mass is 10.1. The van der Waals surface area contributed by atoms with E-state index in [2.05, 4.69) is 5.32 Å². The van der Waals surface area contributed by atoms with E-state index in [1.807, 2.05) is 12.1 Å². The van der Waals surface area contributed by atoms with E-state index >= 15 is 0 Å². The molecule has 24 heavy (non-hydrogen) atoms. The molecule has 0 saturated heterocycles. The minimum atomic E-state index is -0.374. The van der Waals surface area contributed by atoms with Crippen molar-refractivity contribution in [1.29, 1.82) is 0 Å². The first kappa shape index (κ1) is 17.7. The average Bonchev–Trinajstić information content (AvgIpc) is 2.60. The van der Waals surface area contributed by atoms with E-state index in [0.29, 0.717) is 22.7 Å². The normalized spacial score (nSPS) is 10.1. The SMILES string of the molecule is COc1cccc(OC)c1C(=O)Nc1ccc(SCC(N)=O)cc1. The van der Waals surface area contributed by atoms with Crippen molar-refractivity contribution in [1.82, 2.24) is 0 Å². The fourth-order valence-electron chi connectivity index (χ4n) is 2.06. The summed E-state index contributed by atoms with van der Waals surface area (Å²) in [5.74, 6) is 0.368. The molecule has 0 bridgehead atoms. The van der Waals surface area contributed by atoms with Gasteiger partial charge in [0, 0.05) is 10.6 Å². The molecule has 0 radical (unpaired) electrons. The number of carbonyl (C=O) groups is 2. The highest BCUT2D eigenvalue weighted by Crippen LogP contribution is 2.29. The van der Waals surface area contributed by atoms with Crippen molar-refractivity contribution in [3.05, 3.63) is 48.0 Å². The number of amides is 2. The van der Waals surface area contributed by atoms with Crippen molar-refractivity contribution in [2.24, 2.45) is 5.73 Å². The van der Waals surface area contributed by atoms with Crippen molar-refractivity contribution >= 4 is 29.3 Å². The molecule has 0 fully saturated rings. The Morgan fingerprint density at radius 2 is 1.62 bits per heavy atom. The molecule has 0 heterocycles. The Balaban J connectivity index is 2.14. The summed E-state index contributed by atoms with van der Waals surface area (Å²) in [6.07, 6.45) is 0. The van der Waals surface area contributed by atoms with Crippen LogP contribution in [0.4, 0.5) is 5.69 Å². The fourth-order valence-corrected chi connectivity index (χ4v) is 2.70. The maximum Gasteiger partial charge on any atom is 0.263 e. The molecule has 0 unspecified atom stereocenters. The molecule has 3 N–H and O–H groups in total. The number of hydrogen-bond acceptors (Lipinski definition) is 5. The molecule has 126 valence electrons. The van der Waals surface area contributed by atoms with Gasteiger partial charge in [-0.25, -0.2) is 0 Å². The zero-order valence-electron chi connectivity index (χ0n) is 13.4. The van der Waals surface area contributed by atoms with Crippen molar-refractivity contribution in [2.75, 3.05) is 25.3 Å². The van der Waals surface area contributed by atoms with E-state index in [0.717, 1.165) is 4.90 Å². The van der Waals surface area contributed by atoms with Gasteiger partial charge in [0.1, 0.15) is 17.1 Å². The van der Waals surface area contributed by atoms with Gasteiger partial charge in [0.2, 0.25) is 5.91 Å². The second kappa shape index (κ2) is 8.26. The van der Waals surface area contributed by atoms with Crippen LogP contribution in [-0.2, 0) is 4.79 Å². The lowest BCUT2D eigenvalue weighted by molar-refractivity contribution is -0.115. The summed E-state index contributed by atoms with van der Waals surface area (Å²) in [4.78, 5) is 24.2. The molecular formula is C17H18N2O4S. The second-order valence-electron chi connectivity index (χ2n) is 4.77. The molecule has 0 saturated carbocycles. The number of nitrogens with one attached hydrogen (secondary N) is 1. The molecule has 6 nitrogen and oxygen atoms in total. The highest BCUT2D eigenvalue weighted by atomic mass is 32.2. The number of hydrogen-bond donors (Lipinski definition) is 2. The molecule has 0 spiro atoms. The summed E-state index contributed by atoms with van der Waals surface area (Å²) in [5.41, 5.74) is 6.06. The van der Waals surface area contributed by atoms with Crippen LogP contribution in [0.25, 0.3) is 0 Å². The van der Waals surface area contributed by atoms with Crippen LogP contribution in [0, 0.1) is 0 Å². The first-order chi connectivity index (χ1) is 11.5. The van der Waals surface area contributed by atoms with E-state index in [9.17, 15) is 9.59 Å². The highest BCUT2D eigenvalue weighted by molar-refractivity contribution is 8.00. The number of nitrogens with two attached hydrogens (primary N) is 1. The summed E-state index contributed by atoms with van der Waals surface area (Å²) in [6, 6.07) is 12.3. The number of anilines is 1. The van der Waals surface area contributed by atoms with E-state index in [-0.39, 0.29) is 17.6 Å². The smallest absolute Gasteiger partial charge is 0.263 e. The van der Waals surface area contributed by atoms with Crippen LogP contribution in [-0.4, -0.2) is 31.8 Å². The number of carbonyl (C=O) groups excluding carboxylic acids is 2. The van der Waals surface area contributed by atoms with Gasteiger partial charge in [-0.05, 0) is 36.4 Å². The molecular weight excluding hydrogens is 328 g/mol. The van der Waals surface area contributed by atoms with Gasteiger partial charge in [0.15, 0.2) is 0 Å².